The number of nitrogens with zero attached hydrogens (tertiary/aromatic N) is 2. The zero-order chi connectivity index (χ0) is 31.1. The van der Waals surface area contributed by atoms with Gasteiger partial charge in [0.1, 0.15) is 17.3 Å². The summed E-state index contributed by atoms with van der Waals surface area (Å²) in [7, 11) is 1.49. The summed E-state index contributed by atoms with van der Waals surface area (Å²) in [6.45, 7) is 2.96. The molecule has 228 valence electrons. The van der Waals surface area contributed by atoms with Gasteiger partial charge >= 0.3 is 0 Å². The van der Waals surface area contributed by atoms with E-state index in [2.05, 4.69) is 15.6 Å². The molecule has 1 aliphatic rings. The lowest BCUT2D eigenvalue weighted by molar-refractivity contribution is -0.131. The summed E-state index contributed by atoms with van der Waals surface area (Å²) in [6, 6.07) is 19.9. The molecule has 3 N–H and O–H groups in total. The number of phenolic OH excluding ortho intramolecular Hbond substituents is 1. The van der Waals surface area contributed by atoms with E-state index in [1.165, 1.54) is 7.11 Å². The molecule has 10 heteroatoms. The fourth-order valence-corrected chi connectivity index (χ4v) is 5.20. The van der Waals surface area contributed by atoms with E-state index in [9.17, 15) is 19.5 Å². The Balaban J connectivity index is 1.36. The summed E-state index contributed by atoms with van der Waals surface area (Å²) in [5.41, 5.74) is 3.82. The minimum absolute atomic E-state index is 0.0272. The van der Waals surface area contributed by atoms with Crippen LogP contribution in [0.15, 0.2) is 71.1 Å². The monoisotopic (exact) mass is 596 g/mol. The van der Waals surface area contributed by atoms with Crippen molar-refractivity contribution in [1.29, 1.82) is 0 Å². The van der Waals surface area contributed by atoms with Crippen LogP contribution in [-0.2, 0) is 22.4 Å². The number of hydrogen-bond donors (Lipinski definition) is 3. The highest BCUT2D eigenvalue weighted by atomic mass is 16.5. The van der Waals surface area contributed by atoms with Crippen LogP contribution in [0.5, 0.6) is 11.5 Å². The Morgan fingerprint density at radius 3 is 2.57 bits per heavy atom. The number of carbonyl (C=O) groups is 3. The Labute approximate surface area is 256 Å². The summed E-state index contributed by atoms with van der Waals surface area (Å²) < 4.78 is 11.3. The first kappa shape index (κ1) is 30.3. The number of amides is 3. The molecule has 10 nitrogen and oxygen atoms in total. The maximum Gasteiger partial charge on any atom is 0.255 e. The molecule has 1 aliphatic heterocycles. The van der Waals surface area contributed by atoms with Gasteiger partial charge in [0.05, 0.1) is 24.8 Å². The first-order valence-corrected chi connectivity index (χ1v) is 14.7. The molecule has 5 rings (SSSR count). The maximum absolute atomic E-state index is 13.5. The fraction of sp³-hybridized carbons (Fsp3) is 0.294. The van der Waals surface area contributed by atoms with E-state index in [0.717, 1.165) is 11.1 Å². The minimum Gasteiger partial charge on any atom is -0.507 e. The van der Waals surface area contributed by atoms with E-state index in [1.807, 2.05) is 42.5 Å². The van der Waals surface area contributed by atoms with Crippen molar-refractivity contribution < 1.29 is 28.6 Å². The Morgan fingerprint density at radius 1 is 0.955 bits per heavy atom. The Hall–Kier alpha value is -5.12. The first-order chi connectivity index (χ1) is 21.3. The van der Waals surface area contributed by atoms with E-state index in [-0.39, 0.29) is 49.4 Å². The molecule has 3 amide bonds. The molecule has 2 heterocycles. The molecule has 44 heavy (non-hydrogen) atoms. The highest BCUT2D eigenvalue weighted by Gasteiger charge is 2.21. The van der Waals surface area contributed by atoms with Gasteiger partial charge in [-0.15, -0.1) is 0 Å². The number of fused-ring (bicyclic) bond motifs is 5. The Bertz CT molecular complexity index is 1650. The number of hydrogen-bond acceptors (Lipinski definition) is 7. The van der Waals surface area contributed by atoms with Gasteiger partial charge in [0, 0.05) is 43.7 Å². The number of ether oxygens (including phenoxy) is 1. The summed E-state index contributed by atoms with van der Waals surface area (Å²) in [5.74, 6) is 0.828. The lowest BCUT2D eigenvalue weighted by Crippen LogP contribution is -2.40. The van der Waals surface area contributed by atoms with Crippen LogP contribution in [0.25, 0.3) is 22.6 Å². The van der Waals surface area contributed by atoms with Crippen LogP contribution in [0.2, 0.25) is 0 Å². The van der Waals surface area contributed by atoms with Crippen molar-refractivity contribution in [1.82, 2.24) is 20.5 Å². The van der Waals surface area contributed by atoms with Crippen molar-refractivity contribution in [2.24, 2.45) is 0 Å². The summed E-state index contributed by atoms with van der Waals surface area (Å²) in [5, 5.41) is 16.4. The molecule has 3 aromatic carbocycles. The zero-order valence-corrected chi connectivity index (χ0v) is 24.9. The van der Waals surface area contributed by atoms with Gasteiger partial charge in [-0.1, -0.05) is 30.3 Å². The van der Waals surface area contributed by atoms with Gasteiger partial charge in [0.25, 0.3) is 5.91 Å². The molecule has 0 radical (unpaired) electrons. The third-order valence-corrected chi connectivity index (χ3v) is 7.64. The number of methoxy groups -OCH3 is 1. The van der Waals surface area contributed by atoms with Crippen molar-refractivity contribution in [3.8, 4) is 34.1 Å². The van der Waals surface area contributed by atoms with Crippen molar-refractivity contribution in [3.63, 3.8) is 0 Å². The van der Waals surface area contributed by atoms with Crippen LogP contribution in [0.3, 0.4) is 0 Å². The van der Waals surface area contributed by atoms with Crippen LogP contribution < -0.4 is 15.4 Å². The molecule has 0 spiro atoms. The van der Waals surface area contributed by atoms with Crippen LogP contribution in [-0.4, -0.2) is 66.0 Å². The summed E-state index contributed by atoms with van der Waals surface area (Å²) in [4.78, 5) is 45.6. The third kappa shape index (κ3) is 7.26. The van der Waals surface area contributed by atoms with Gasteiger partial charge < -0.3 is 29.8 Å². The topological polar surface area (TPSA) is 134 Å². The smallest absolute Gasteiger partial charge is 0.255 e. The van der Waals surface area contributed by atoms with Crippen molar-refractivity contribution in [2.45, 2.75) is 32.6 Å². The predicted octanol–water partition coefficient (Wildman–Crippen LogP) is 4.28. The lowest BCUT2D eigenvalue weighted by Gasteiger charge is -2.23. The molecular formula is C34H36N4O6. The van der Waals surface area contributed by atoms with Crippen LogP contribution in [0, 0.1) is 6.92 Å². The van der Waals surface area contributed by atoms with E-state index in [1.54, 1.807) is 36.1 Å². The zero-order valence-electron chi connectivity index (χ0n) is 24.9. The molecule has 0 atom stereocenters. The standard InChI is InChI=1S/C34H36N4O6/c1-22-28(37-34(44-22)24-7-4-3-5-8-24)21-32(41)38-17-6-9-31(40)35-15-14-23-10-12-29(39)26(19-23)25-11-13-30(43-2)27(20-25)33(42)36-16-18-38/h3-5,7-8,10-13,19-20,39H,6,9,14-18,21H2,1-2H3,(H,35,40)(H,36,42). The third-order valence-electron chi connectivity index (χ3n) is 7.64. The number of nitrogens with one attached hydrogen (secondary N) is 2. The number of oxazole rings is 1. The molecule has 0 saturated carbocycles. The number of benzene rings is 3. The molecule has 0 unspecified atom stereocenters. The number of aromatic nitrogens is 1. The number of phenols is 1. The fourth-order valence-electron chi connectivity index (χ4n) is 5.20. The van der Waals surface area contributed by atoms with Gasteiger partial charge in [0.15, 0.2) is 0 Å². The highest BCUT2D eigenvalue weighted by molar-refractivity contribution is 5.98. The molecule has 4 bridgehead atoms. The summed E-state index contributed by atoms with van der Waals surface area (Å²) >= 11 is 0. The van der Waals surface area contributed by atoms with Gasteiger partial charge in [0.2, 0.25) is 17.7 Å². The average Bonchev–Trinajstić information content (AvgIpc) is 3.40. The average molecular weight is 597 g/mol. The molecule has 0 aliphatic carbocycles. The van der Waals surface area contributed by atoms with Crippen molar-refractivity contribution >= 4 is 17.7 Å². The second-order valence-electron chi connectivity index (χ2n) is 10.7. The van der Waals surface area contributed by atoms with Crippen LogP contribution in [0.1, 0.15) is 40.2 Å². The molecular weight excluding hydrogens is 560 g/mol. The second kappa shape index (κ2) is 13.9. The van der Waals surface area contributed by atoms with E-state index in [0.29, 0.717) is 65.7 Å². The number of aromatic hydroxyl groups is 1. The quantitative estimate of drug-likeness (QED) is 0.320. The summed E-state index contributed by atoms with van der Waals surface area (Å²) in [6.07, 6.45) is 1.30. The SMILES string of the molecule is COc1ccc2cc1C(=O)NCCN(C(=O)Cc1nc(-c3ccccc3)oc1C)CCCC(=O)NCCc1ccc(O)c-2c1. The van der Waals surface area contributed by atoms with E-state index in [4.69, 9.17) is 9.15 Å². The molecule has 1 aromatic heterocycles. The number of aryl methyl sites for hydroxylation is 1. The Morgan fingerprint density at radius 2 is 1.77 bits per heavy atom. The van der Waals surface area contributed by atoms with Crippen LogP contribution in [0.4, 0.5) is 0 Å². The van der Waals surface area contributed by atoms with Gasteiger partial charge in [-0.25, -0.2) is 4.98 Å². The number of carbonyl (C=O) groups excluding carboxylic acids is 3. The molecule has 4 aromatic rings. The van der Waals surface area contributed by atoms with Gasteiger partial charge in [-0.3, -0.25) is 14.4 Å². The van der Waals surface area contributed by atoms with Crippen molar-refractivity contribution in [2.75, 3.05) is 33.3 Å². The van der Waals surface area contributed by atoms with E-state index >= 15 is 0 Å². The highest BCUT2D eigenvalue weighted by Crippen LogP contribution is 2.33. The predicted molar refractivity (Wildman–Crippen MR) is 165 cm³/mol. The maximum atomic E-state index is 13.5. The lowest BCUT2D eigenvalue weighted by atomic mass is 9.98. The molecule has 0 saturated heterocycles. The molecule has 0 fully saturated rings. The van der Waals surface area contributed by atoms with E-state index < -0.39 is 0 Å². The van der Waals surface area contributed by atoms with Crippen LogP contribution >= 0.6 is 0 Å². The van der Waals surface area contributed by atoms with Gasteiger partial charge in [-0.05, 0) is 67.3 Å². The largest absolute Gasteiger partial charge is 0.507 e. The van der Waals surface area contributed by atoms with Gasteiger partial charge in [-0.2, -0.15) is 0 Å². The van der Waals surface area contributed by atoms with Crippen molar-refractivity contribution in [3.05, 3.63) is 89.3 Å². The number of rotatable bonds is 4. The minimum atomic E-state index is -0.368. The second-order valence-corrected chi connectivity index (χ2v) is 10.7. The Kier molecular flexibility index (Phi) is 9.59. The normalized spacial score (nSPS) is 14.6. The first-order valence-electron chi connectivity index (χ1n) is 14.7.